The fourth-order valence-corrected chi connectivity index (χ4v) is 2.54. The van der Waals surface area contributed by atoms with Crippen LogP contribution in [-0.4, -0.2) is 40.2 Å². The highest BCUT2D eigenvalue weighted by molar-refractivity contribution is 7.98. The van der Waals surface area contributed by atoms with Gasteiger partial charge in [-0.1, -0.05) is 13.8 Å². The number of rotatable bonds is 9. The monoisotopic (exact) mass is 321 g/mol. The molecule has 1 aromatic carbocycles. The predicted octanol–water partition coefficient (Wildman–Crippen LogP) is 2.37. The first-order valence-corrected chi connectivity index (χ1v) is 8.36. The first kappa shape index (κ1) is 16.9. The Kier molecular flexibility index (Phi) is 6.76. The summed E-state index contributed by atoms with van der Waals surface area (Å²) < 4.78 is 7.47. The summed E-state index contributed by atoms with van der Waals surface area (Å²) in [5.74, 6) is 1.55. The minimum absolute atomic E-state index is 0.291. The summed E-state index contributed by atoms with van der Waals surface area (Å²) in [4.78, 5) is 1.16. The van der Waals surface area contributed by atoms with E-state index in [0.29, 0.717) is 19.2 Å². The molecule has 5 nitrogen and oxygen atoms in total. The van der Waals surface area contributed by atoms with Gasteiger partial charge in [-0.3, -0.25) is 4.68 Å². The summed E-state index contributed by atoms with van der Waals surface area (Å²) in [5.41, 5.74) is 0. The second kappa shape index (κ2) is 8.82. The van der Waals surface area contributed by atoms with Crippen molar-refractivity contribution in [3.63, 3.8) is 0 Å². The van der Waals surface area contributed by atoms with Gasteiger partial charge in [-0.05, 0) is 30.3 Å². The van der Waals surface area contributed by atoms with E-state index >= 15 is 0 Å². The normalized spacial score (nSPS) is 12.5. The fraction of sp³-hybridized carbons (Fsp3) is 0.438. The molecule has 0 amide bonds. The molecule has 0 saturated heterocycles. The smallest absolute Gasteiger partial charge is 0.119 e. The Morgan fingerprint density at radius 3 is 2.73 bits per heavy atom. The number of aliphatic hydroxyl groups excluding tert-OH is 1. The van der Waals surface area contributed by atoms with E-state index in [0.717, 1.165) is 16.5 Å². The summed E-state index contributed by atoms with van der Waals surface area (Å²) in [5, 5.41) is 17.1. The van der Waals surface area contributed by atoms with Crippen molar-refractivity contribution >= 4 is 11.8 Å². The lowest BCUT2D eigenvalue weighted by Gasteiger charge is -2.15. The molecule has 0 radical (unpaired) electrons. The van der Waals surface area contributed by atoms with Gasteiger partial charge in [0.15, 0.2) is 0 Å². The average molecular weight is 321 g/mol. The molecular weight excluding hydrogens is 298 g/mol. The van der Waals surface area contributed by atoms with Gasteiger partial charge in [0.1, 0.15) is 18.5 Å². The lowest BCUT2D eigenvalue weighted by molar-refractivity contribution is 0.104. The van der Waals surface area contributed by atoms with Crippen LogP contribution in [0.15, 0.2) is 47.6 Å². The maximum absolute atomic E-state index is 9.80. The predicted molar refractivity (Wildman–Crippen MR) is 89.2 cm³/mol. The molecule has 0 aliphatic rings. The highest BCUT2D eigenvalue weighted by atomic mass is 32.2. The lowest BCUT2D eigenvalue weighted by atomic mass is 10.3. The molecule has 0 bridgehead atoms. The van der Waals surface area contributed by atoms with Crippen LogP contribution in [0.5, 0.6) is 5.75 Å². The first-order valence-electron chi connectivity index (χ1n) is 7.38. The van der Waals surface area contributed by atoms with Crippen LogP contribution < -0.4 is 10.1 Å². The molecule has 0 spiro atoms. The van der Waals surface area contributed by atoms with Crippen molar-refractivity contribution in [3.05, 3.63) is 42.7 Å². The van der Waals surface area contributed by atoms with E-state index in [-0.39, 0.29) is 0 Å². The third-order valence-electron chi connectivity index (χ3n) is 2.95. The minimum Gasteiger partial charge on any atom is -0.491 e. The molecule has 2 N–H and O–H groups in total. The largest absolute Gasteiger partial charge is 0.491 e. The van der Waals surface area contributed by atoms with E-state index in [4.69, 9.17) is 4.74 Å². The maximum Gasteiger partial charge on any atom is 0.119 e. The summed E-state index contributed by atoms with van der Waals surface area (Å²) >= 11 is 1.71. The Morgan fingerprint density at radius 1 is 1.32 bits per heavy atom. The number of aliphatic hydroxyl groups is 1. The Bertz CT molecular complexity index is 529. The highest BCUT2D eigenvalue weighted by Gasteiger charge is 2.06. The van der Waals surface area contributed by atoms with Gasteiger partial charge in [-0.15, -0.1) is 11.8 Å². The molecule has 2 rings (SSSR count). The van der Waals surface area contributed by atoms with Gasteiger partial charge in [0.05, 0.1) is 5.88 Å². The number of ether oxygens (including phenoxy) is 1. The number of hydrogen-bond donors (Lipinski definition) is 2. The maximum atomic E-state index is 9.80. The number of nitrogens with one attached hydrogen (secondary N) is 1. The second-order valence-corrected chi connectivity index (χ2v) is 6.34. The van der Waals surface area contributed by atoms with Crippen molar-refractivity contribution in [2.45, 2.75) is 36.8 Å². The minimum atomic E-state index is -0.503. The molecule has 120 valence electrons. The third-order valence-corrected chi connectivity index (χ3v) is 3.95. The fourth-order valence-electron chi connectivity index (χ4n) is 1.77. The summed E-state index contributed by atoms with van der Waals surface area (Å²) in [6, 6.07) is 10.2. The first-order chi connectivity index (χ1) is 10.6. The molecule has 1 unspecified atom stereocenters. The molecule has 0 saturated carbocycles. The molecule has 0 fully saturated rings. The van der Waals surface area contributed by atoms with Crippen LogP contribution in [0.3, 0.4) is 0 Å². The van der Waals surface area contributed by atoms with Crippen LogP contribution in [0, 0.1) is 0 Å². The summed E-state index contributed by atoms with van der Waals surface area (Å²) in [6.07, 6.45) is 3.21. The van der Waals surface area contributed by atoms with E-state index in [9.17, 15) is 5.11 Å². The molecule has 2 aromatic rings. The van der Waals surface area contributed by atoms with Crippen LogP contribution in [-0.2, 0) is 5.88 Å². The van der Waals surface area contributed by atoms with Gasteiger partial charge >= 0.3 is 0 Å². The molecule has 1 atom stereocenters. The lowest BCUT2D eigenvalue weighted by Crippen LogP contribution is -2.35. The van der Waals surface area contributed by atoms with Gasteiger partial charge < -0.3 is 15.2 Å². The van der Waals surface area contributed by atoms with Gasteiger partial charge in [0.2, 0.25) is 0 Å². The zero-order chi connectivity index (χ0) is 15.8. The molecule has 1 aromatic heterocycles. The van der Waals surface area contributed by atoms with Crippen LogP contribution in [0.2, 0.25) is 0 Å². The molecule has 22 heavy (non-hydrogen) atoms. The van der Waals surface area contributed by atoms with Gasteiger partial charge in [0.25, 0.3) is 0 Å². The number of benzene rings is 1. The zero-order valence-corrected chi connectivity index (χ0v) is 13.8. The van der Waals surface area contributed by atoms with Gasteiger partial charge in [0, 0.05) is 29.9 Å². The standard InChI is InChI=1S/C16H23N3O2S/c1-13(2)17-10-14(20)11-21-15-4-6-16(7-5-15)22-12-19-9-3-8-18-19/h3-9,13-14,17,20H,10-12H2,1-2H3. The van der Waals surface area contributed by atoms with Gasteiger partial charge in [-0.2, -0.15) is 5.10 Å². The van der Waals surface area contributed by atoms with E-state index < -0.39 is 6.10 Å². The van der Waals surface area contributed by atoms with Crippen LogP contribution in [0.1, 0.15) is 13.8 Å². The molecule has 0 aliphatic carbocycles. The van der Waals surface area contributed by atoms with E-state index in [2.05, 4.69) is 10.4 Å². The number of nitrogens with zero attached hydrogens (tertiary/aromatic N) is 2. The molecular formula is C16H23N3O2S. The van der Waals surface area contributed by atoms with Crippen molar-refractivity contribution in [1.29, 1.82) is 0 Å². The molecule has 0 aliphatic heterocycles. The van der Waals surface area contributed by atoms with E-state index in [1.165, 1.54) is 0 Å². The highest BCUT2D eigenvalue weighted by Crippen LogP contribution is 2.22. The second-order valence-electron chi connectivity index (χ2n) is 5.32. The van der Waals surface area contributed by atoms with Crippen molar-refractivity contribution in [3.8, 4) is 5.75 Å². The van der Waals surface area contributed by atoms with Crippen LogP contribution >= 0.6 is 11.8 Å². The Morgan fingerprint density at radius 2 is 2.09 bits per heavy atom. The summed E-state index contributed by atoms with van der Waals surface area (Å²) in [7, 11) is 0. The SMILES string of the molecule is CC(C)NCC(O)COc1ccc(SCn2cccn2)cc1. The van der Waals surface area contributed by atoms with Crippen LogP contribution in [0.25, 0.3) is 0 Å². The number of hydrogen-bond acceptors (Lipinski definition) is 5. The quantitative estimate of drug-likeness (QED) is 0.695. The van der Waals surface area contributed by atoms with Crippen LogP contribution in [0.4, 0.5) is 0 Å². The van der Waals surface area contributed by atoms with Crippen molar-refractivity contribution in [2.75, 3.05) is 13.2 Å². The Balaban J connectivity index is 1.72. The average Bonchev–Trinajstić information content (AvgIpc) is 3.03. The third kappa shape index (κ3) is 6.09. The van der Waals surface area contributed by atoms with Crippen molar-refractivity contribution in [2.24, 2.45) is 0 Å². The zero-order valence-electron chi connectivity index (χ0n) is 13.0. The molecule has 1 heterocycles. The van der Waals surface area contributed by atoms with Gasteiger partial charge in [-0.25, -0.2) is 0 Å². The molecule has 6 heteroatoms. The number of aromatic nitrogens is 2. The van der Waals surface area contributed by atoms with E-state index in [1.54, 1.807) is 18.0 Å². The van der Waals surface area contributed by atoms with Crippen molar-refractivity contribution in [1.82, 2.24) is 15.1 Å². The topological polar surface area (TPSA) is 59.3 Å². The Hall–Kier alpha value is -1.50. The number of thioether (sulfide) groups is 1. The van der Waals surface area contributed by atoms with E-state index in [1.807, 2.05) is 55.1 Å². The van der Waals surface area contributed by atoms with Crippen molar-refractivity contribution < 1.29 is 9.84 Å². The Labute approximate surface area is 135 Å². The summed E-state index contributed by atoms with van der Waals surface area (Å²) in [6.45, 7) is 4.93.